The van der Waals surface area contributed by atoms with E-state index in [4.69, 9.17) is 0 Å². The highest BCUT2D eigenvalue weighted by atomic mass is 32.2. The molecule has 0 spiro atoms. The van der Waals surface area contributed by atoms with Gasteiger partial charge in [-0.1, -0.05) is 0 Å². The molecule has 0 amide bonds. The topological polar surface area (TPSA) is 58.2 Å². The Bertz CT molecular complexity index is 249. The van der Waals surface area contributed by atoms with E-state index < -0.39 is 15.8 Å². The minimum atomic E-state index is -4.41. The molecule has 0 aliphatic carbocycles. The quantitative estimate of drug-likeness (QED) is 0.688. The molecule has 1 saturated heterocycles. The van der Waals surface area contributed by atoms with Crippen LogP contribution in [0.3, 0.4) is 0 Å². The van der Waals surface area contributed by atoms with E-state index in [0.29, 0.717) is 25.9 Å². The average molecular weight is 214 g/mol. The third kappa shape index (κ3) is 3.17. The molecule has 1 heterocycles. The first kappa shape index (κ1) is 10.8. The summed E-state index contributed by atoms with van der Waals surface area (Å²) in [5.41, 5.74) is 0. The van der Waals surface area contributed by atoms with E-state index in [9.17, 15) is 17.2 Å². The fraction of sp³-hybridized carbons (Fsp3) is 1.00. The zero-order valence-corrected chi connectivity index (χ0v) is 7.78. The molecule has 4 nitrogen and oxygen atoms in total. The van der Waals surface area contributed by atoms with Gasteiger partial charge in [0.05, 0.1) is 0 Å². The summed E-state index contributed by atoms with van der Waals surface area (Å²) < 4.78 is 47.2. The second-order valence-corrected chi connectivity index (χ2v) is 4.63. The van der Waals surface area contributed by atoms with E-state index in [-0.39, 0.29) is 6.04 Å². The molecule has 2 N–H and O–H groups in total. The summed E-state index contributed by atoms with van der Waals surface area (Å²) in [6, 6.07) is -0.347. The maximum Gasteiger partial charge on any atom is 0.350 e. The molecule has 0 aromatic carbocycles. The summed E-state index contributed by atoms with van der Waals surface area (Å²) in [6.07, 6.45) is 1.12. The molecular formula is C6H12F2N2O2S. The van der Waals surface area contributed by atoms with Crippen molar-refractivity contribution in [1.82, 2.24) is 10.0 Å². The van der Waals surface area contributed by atoms with Crippen molar-refractivity contribution in [2.45, 2.75) is 24.6 Å². The maximum atomic E-state index is 11.9. The second-order valence-electron chi connectivity index (χ2n) is 2.95. The zero-order chi connectivity index (χ0) is 9.90. The van der Waals surface area contributed by atoms with Crippen molar-refractivity contribution in [3.05, 3.63) is 0 Å². The lowest BCUT2D eigenvalue weighted by atomic mass is 10.1. The van der Waals surface area contributed by atoms with Gasteiger partial charge < -0.3 is 5.32 Å². The Morgan fingerprint density at radius 3 is 2.31 bits per heavy atom. The summed E-state index contributed by atoms with van der Waals surface area (Å²) in [5, 5.41) is 3.01. The molecule has 0 saturated carbocycles. The van der Waals surface area contributed by atoms with Crippen molar-refractivity contribution >= 4 is 10.0 Å². The molecule has 0 unspecified atom stereocenters. The largest absolute Gasteiger partial charge is 0.350 e. The van der Waals surface area contributed by atoms with Gasteiger partial charge in [-0.15, -0.1) is 0 Å². The first-order valence-electron chi connectivity index (χ1n) is 4.02. The highest BCUT2D eigenvalue weighted by Crippen LogP contribution is 2.08. The van der Waals surface area contributed by atoms with Crippen molar-refractivity contribution in [2.24, 2.45) is 0 Å². The fourth-order valence-corrected chi connectivity index (χ4v) is 2.03. The molecule has 78 valence electrons. The van der Waals surface area contributed by atoms with Crippen molar-refractivity contribution in [3.63, 3.8) is 0 Å². The molecule has 7 heteroatoms. The van der Waals surface area contributed by atoms with Gasteiger partial charge in [0.15, 0.2) is 0 Å². The number of rotatable bonds is 3. The maximum absolute atomic E-state index is 11.9. The minimum Gasteiger partial charge on any atom is -0.317 e. The van der Waals surface area contributed by atoms with Gasteiger partial charge in [-0.3, -0.25) is 0 Å². The Balaban J connectivity index is 2.47. The Kier molecular flexibility index (Phi) is 3.57. The third-order valence-electron chi connectivity index (χ3n) is 1.90. The van der Waals surface area contributed by atoms with Crippen LogP contribution < -0.4 is 10.0 Å². The normalized spacial score (nSPS) is 20.8. The summed E-state index contributed by atoms with van der Waals surface area (Å²) in [6.45, 7) is 1.33. The summed E-state index contributed by atoms with van der Waals surface area (Å²) >= 11 is 0. The van der Waals surface area contributed by atoms with E-state index in [1.807, 2.05) is 4.72 Å². The Morgan fingerprint density at radius 1 is 1.31 bits per heavy atom. The van der Waals surface area contributed by atoms with E-state index in [1.54, 1.807) is 0 Å². The highest BCUT2D eigenvalue weighted by Gasteiger charge is 2.27. The number of alkyl halides is 2. The van der Waals surface area contributed by atoms with Crippen LogP contribution in [0.15, 0.2) is 0 Å². The predicted octanol–water partition coefficient (Wildman–Crippen LogP) is -0.120. The molecule has 0 radical (unpaired) electrons. The van der Waals surface area contributed by atoms with Crippen molar-refractivity contribution in [1.29, 1.82) is 0 Å². The van der Waals surface area contributed by atoms with Crippen LogP contribution in [0.2, 0.25) is 0 Å². The van der Waals surface area contributed by atoms with E-state index in [2.05, 4.69) is 5.32 Å². The van der Waals surface area contributed by atoms with Crippen molar-refractivity contribution < 1.29 is 17.2 Å². The number of nitrogens with one attached hydrogen (secondary N) is 2. The molecule has 1 aliphatic rings. The number of piperidine rings is 1. The number of halogens is 2. The first-order valence-corrected chi connectivity index (χ1v) is 5.57. The van der Waals surface area contributed by atoms with Crippen molar-refractivity contribution in [3.8, 4) is 0 Å². The third-order valence-corrected chi connectivity index (χ3v) is 3.04. The Hall–Kier alpha value is -0.270. The van der Waals surface area contributed by atoms with Crippen LogP contribution in [-0.2, 0) is 10.0 Å². The molecule has 0 bridgehead atoms. The number of hydrogen-bond acceptors (Lipinski definition) is 3. The predicted molar refractivity (Wildman–Crippen MR) is 44.0 cm³/mol. The van der Waals surface area contributed by atoms with Gasteiger partial charge in [0.2, 0.25) is 0 Å². The monoisotopic (exact) mass is 214 g/mol. The smallest absolute Gasteiger partial charge is 0.317 e. The van der Waals surface area contributed by atoms with E-state index in [1.165, 1.54) is 0 Å². The van der Waals surface area contributed by atoms with Gasteiger partial charge in [-0.05, 0) is 25.9 Å². The lowest BCUT2D eigenvalue weighted by Gasteiger charge is -2.23. The molecule has 13 heavy (non-hydrogen) atoms. The van der Waals surface area contributed by atoms with Gasteiger partial charge in [0, 0.05) is 6.04 Å². The SMILES string of the molecule is O=S(=O)(NC1CCNCC1)C(F)F. The van der Waals surface area contributed by atoms with Crippen LogP contribution in [0.4, 0.5) is 8.78 Å². The van der Waals surface area contributed by atoms with Crippen LogP contribution in [-0.4, -0.2) is 33.3 Å². The molecule has 0 atom stereocenters. The molecule has 0 aromatic rings. The van der Waals surface area contributed by atoms with Gasteiger partial charge >= 0.3 is 5.76 Å². The molecule has 1 aliphatic heterocycles. The van der Waals surface area contributed by atoms with Gasteiger partial charge in [-0.2, -0.15) is 8.78 Å². The zero-order valence-electron chi connectivity index (χ0n) is 6.96. The Morgan fingerprint density at radius 2 is 1.85 bits per heavy atom. The van der Waals surface area contributed by atoms with Crippen molar-refractivity contribution in [2.75, 3.05) is 13.1 Å². The average Bonchev–Trinajstić information content (AvgIpc) is 2.05. The molecule has 1 fully saturated rings. The summed E-state index contributed by atoms with van der Waals surface area (Å²) in [4.78, 5) is 0. The summed E-state index contributed by atoms with van der Waals surface area (Å²) in [7, 11) is -4.41. The molecule has 0 aromatic heterocycles. The fourth-order valence-electron chi connectivity index (χ4n) is 1.22. The second kappa shape index (κ2) is 4.30. The molecular weight excluding hydrogens is 202 g/mol. The van der Waals surface area contributed by atoms with Crippen LogP contribution in [0, 0.1) is 0 Å². The highest BCUT2D eigenvalue weighted by molar-refractivity contribution is 7.89. The minimum absolute atomic E-state index is 0.347. The van der Waals surface area contributed by atoms with Gasteiger partial charge in [0.1, 0.15) is 0 Å². The van der Waals surface area contributed by atoms with Gasteiger partial charge in [-0.25, -0.2) is 13.1 Å². The lowest BCUT2D eigenvalue weighted by molar-refractivity contribution is 0.230. The standard InChI is InChI=1S/C6H12F2N2O2S/c7-6(8)13(11,12)10-5-1-3-9-4-2-5/h5-6,9-10H,1-4H2. The van der Waals surface area contributed by atoms with E-state index >= 15 is 0 Å². The van der Waals surface area contributed by atoms with Crippen LogP contribution in [0.5, 0.6) is 0 Å². The van der Waals surface area contributed by atoms with Crippen LogP contribution in [0.25, 0.3) is 0 Å². The Labute approximate surface area is 75.7 Å². The number of hydrogen-bond donors (Lipinski definition) is 2. The summed E-state index contributed by atoms with van der Waals surface area (Å²) in [5.74, 6) is -3.33. The first-order chi connectivity index (χ1) is 6.02. The van der Waals surface area contributed by atoms with E-state index in [0.717, 1.165) is 0 Å². The molecule has 1 rings (SSSR count). The van der Waals surface area contributed by atoms with Gasteiger partial charge in [0.25, 0.3) is 10.0 Å². The lowest BCUT2D eigenvalue weighted by Crippen LogP contribution is -2.44. The number of sulfonamides is 1. The van der Waals surface area contributed by atoms with Crippen LogP contribution in [0.1, 0.15) is 12.8 Å². The van der Waals surface area contributed by atoms with Crippen LogP contribution >= 0.6 is 0 Å².